The fourth-order valence-corrected chi connectivity index (χ4v) is 6.08. The third kappa shape index (κ3) is 3.90. The summed E-state index contributed by atoms with van der Waals surface area (Å²) >= 11 is 1.76. The average Bonchev–Trinajstić information content (AvgIpc) is 3.36. The number of aromatic nitrogens is 2. The largest absolute Gasteiger partial charge is 0.226 e. The third-order valence-electron chi connectivity index (χ3n) is 6.72. The van der Waals surface area contributed by atoms with Gasteiger partial charge in [0.05, 0.1) is 15.9 Å². The fourth-order valence-electron chi connectivity index (χ4n) is 4.93. The van der Waals surface area contributed by atoms with E-state index in [0.717, 1.165) is 44.0 Å². The zero-order valence-corrected chi connectivity index (χ0v) is 20.8. The minimum absolute atomic E-state index is 0.746. The van der Waals surface area contributed by atoms with Crippen LogP contribution >= 0.6 is 11.3 Å². The summed E-state index contributed by atoms with van der Waals surface area (Å²) in [5, 5.41) is 1.17. The predicted molar refractivity (Wildman–Crippen MR) is 157 cm³/mol. The van der Waals surface area contributed by atoms with Crippen molar-refractivity contribution in [2.75, 3.05) is 0 Å². The molecule has 0 bridgehead atoms. The van der Waals surface area contributed by atoms with Crippen molar-refractivity contribution < 1.29 is 0 Å². The lowest BCUT2D eigenvalue weighted by Gasteiger charge is -2.12. The van der Waals surface area contributed by atoms with Crippen molar-refractivity contribution in [2.24, 2.45) is 0 Å². The van der Waals surface area contributed by atoms with Gasteiger partial charge in [0.15, 0.2) is 5.82 Å². The highest BCUT2D eigenvalue weighted by Gasteiger charge is 2.18. The van der Waals surface area contributed by atoms with Crippen LogP contribution in [-0.2, 0) is 0 Å². The lowest BCUT2D eigenvalue weighted by atomic mass is 9.98. The molecule has 37 heavy (non-hydrogen) atoms. The van der Waals surface area contributed by atoms with Gasteiger partial charge in [0, 0.05) is 21.2 Å². The van der Waals surface area contributed by atoms with Crippen LogP contribution in [0.1, 0.15) is 0 Å². The molecule has 0 atom stereocenters. The molecule has 0 fully saturated rings. The van der Waals surface area contributed by atoms with Gasteiger partial charge in [-0.25, -0.2) is 9.97 Å². The van der Waals surface area contributed by atoms with Gasteiger partial charge in [-0.2, -0.15) is 0 Å². The van der Waals surface area contributed by atoms with E-state index in [4.69, 9.17) is 9.97 Å². The molecule has 2 heterocycles. The second-order valence-corrected chi connectivity index (χ2v) is 10.1. The Labute approximate surface area is 219 Å². The van der Waals surface area contributed by atoms with Crippen LogP contribution < -0.4 is 0 Å². The number of fused-ring (bicyclic) bond motifs is 3. The van der Waals surface area contributed by atoms with Crippen LogP contribution in [-0.4, -0.2) is 9.97 Å². The summed E-state index contributed by atoms with van der Waals surface area (Å²) in [7, 11) is 0. The molecule has 7 aromatic rings. The van der Waals surface area contributed by atoms with E-state index in [0.29, 0.717) is 0 Å². The van der Waals surface area contributed by atoms with Gasteiger partial charge < -0.3 is 0 Å². The van der Waals surface area contributed by atoms with E-state index in [1.165, 1.54) is 21.2 Å². The van der Waals surface area contributed by atoms with E-state index in [2.05, 4.69) is 127 Å². The quantitative estimate of drug-likeness (QED) is 0.245. The van der Waals surface area contributed by atoms with Gasteiger partial charge in [0.2, 0.25) is 0 Å². The Balaban J connectivity index is 1.51. The zero-order chi connectivity index (χ0) is 24.6. The van der Waals surface area contributed by atoms with Gasteiger partial charge >= 0.3 is 0 Å². The molecule has 0 saturated carbocycles. The van der Waals surface area contributed by atoms with Crippen molar-refractivity contribution >= 4 is 31.6 Å². The number of hydrogen-bond donors (Lipinski definition) is 0. The minimum Gasteiger partial charge on any atom is -0.226 e. The molecule has 0 aliphatic rings. The molecule has 2 aromatic heterocycles. The first-order chi connectivity index (χ1) is 18.3. The van der Waals surface area contributed by atoms with E-state index in [9.17, 15) is 0 Å². The highest BCUT2D eigenvalue weighted by Crippen LogP contribution is 2.41. The lowest BCUT2D eigenvalue weighted by Crippen LogP contribution is -1.95. The maximum absolute atomic E-state index is 5.26. The lowest BCUT2D eigenvalue weighted by molar-refractivity contribution is 1.24. The fraction of sp³-hybridized carbons (Fsp3) is 0. The normalized spacial score (nSPS) is 11.2. The van der Waals surface area contributed by atoms with E-state index in [1.807, 2.05) is 6.07 Å². The second-order valence-electron chi connectivity index (χ2n) is 9.03. The third-order valence-corrected chi connectivity index (χ3v) is 7.88. The van der Waals surface area contributed by atoms with Gasteiger partial charge in [0.25, 0.3) is 0 Å². The Kier molecular flexibility index (Phi) is 5.34. The Hall–Kier alpha value is -4.60. The number of nitrogens with zero attached hydrogens (tertiary/aromatic N) is 2. The van der Waals surface area contributed by atoms with E-state index in [1.54, 1.807) is 11.3 Å². The molecular weight excluding hydrogens is 468 g/mol. The SMILES string of the molecule is c1ccc(-c2cccc(-c3nc(-c4ccccc4-c4ccccc4)nc4c3sc3ccccc34)c2)cc1. The van der Waals surface area contributed by atoms with Crippen LogP contribution in [0.4, 0.5) is 0 Å². The summed E-state index contributed by atoms with van der Waals surface area (Å²) in [4.78, 5) is 10.4. The maximum atomic E-state index is 5.26. The van der Waals surface area contributed by atoms with Crippen LogP contribution in [0.3, 0.4) is 0 Å². The van der Waals surface area contributed by atoms with E-state index in [-0.39, 0.29) is 0 Å². The number of benzene rings is 5. The maximum Gasteiger partial charge on any atom is 0.161 e. The summed E-state index contributed by atoms with van der Waals surface area (Å²) in [5.41, 5.74) is 8.77. The molecule has 7 rings (SSSR count). The van der Waals surface area contributed by atoms with Crippen LogP contribution in [0.25, 0.3) is 65.2 Å². The van der Waals surface area contributed by atoms with Crippen molar-refractivity contribution in [3.05, 3.63) is 133 Å². The van der Waals surface area contributed by atoms with Crippen LogP contribution in [0, 0.1) is 0 Å². The number of thiophene rings is 1. The molecule has 0 N–H and O–H groups in total. The average molecular weight is 491 g/mol. The van der Waals surface area contributed by atoms with E-state index >= 15 is 0 Å². The van der Waals surface area contributed by atoms with Crippen molar-refractivity contribution in [3.63, 3.8) is 0 Å². The molecule has 2 nitrogen and oxygen atoms in total. The van der Waals surface area contributed by atoms with Gasteiger partial charge in [-0.05, 0) is 34.4 Å². The Bertz CT molecular complexity index is 1870. The Morgan fingerprint density at radius 2 is 1.08 bits per heavy atom. The second kappa shape index (κ2) is 9.12. The molecule has 0 aliphatic heterocycles. The summed E-state index contributed by atoms with van der Waals surface area (Å²) in [5.74, 6) is 0.746. The van der Waals surface area contributed by atoms with Gasteiger partial charge in [-0.15, -0.1) is 11.3 Å². The predicted octanol–water partition coefficient (Wildman–Crippen LogP) is 9.51. The molecule has 0 radical (unpaired) electrons. The van der Waals surface area contributed by atoms with Crippen LogP contribution in [0.15, 0.2) is 133 Å². The first kappa shape index (κ1) is 21.7. The number of hydrogen-bond acceptors (Lipinski definition) is 3. The highest BCUT2D eigenvalue weighted by molar-refractivity contribution is 7.26. The summed E-state index contributed by atoms with van der Waals surface area (Å²) in [6.07, 6.45) is 0. The first-order valence-electron chi connectivity index (χ1n) is 12.4. The number of rotatable bonds is 4. The Morgan fingerprint density at radius 1 is 0.459 bits per heavy atom. The van der Waals surface area contributed by atoms with Crippen molar-refractivity contribution in [1.82, 2.24) is 9.97 Å². The Morgan fingerprint density at radius 3 is 1.89 bits per heavy atom. The molecule has 5 aromatic carbocycles. The van der Waals surface area contributed by atoms with Gasteiger partial charge in [0.1, 0.15) is 0 Å². The monoisotopic (exact) mass is 490 g/mol. The van der Waals surface area contributed by atoms with E-state index < -0.39 is 0 Å². The van der Waals surface area contributed by atoms with Crippen LogP contribution in [0.2, 0.25) is 0 Å². The molecule has 0 aliphatic carbocycles. The molecule has 0 amide bonds. The van der Waals surface area contributed by atoms with Crippen molar-refractivity contribution in [2.45, 2.75) is 0 Å². The first-order valence-corrected chi connectivity index (χ1v) is 13.2. The van der Waals surface area contributed by atoms with Crippen LogP contribution in [0.5, 0.6) is 0 Å². The minimum atomic E-state index is 0.746. The highest BCUT2D eigenvalue weighted by atomic mass is 32.1. The van der Waals surface area contributed by atoms with Crippen molar-refractivity contribution in [3.8, 4) is 44.9 Å². The molecule has 3 heteroatoms. The van der Waals surface area contributed by atoms with Gasteiger partial charge in [-0.1, -0.05) is 121 Å². The standard InChI is InChI=1S/C34H22N2S/c1-3-12-23(13-4-1)25-16-11-17-26(22-25)31-33-32(29-20-9-10-21-30(29)37-33)36-34(35-31)28-19-8-7-18-27(28)24-14-5-2-6-15-24/h1-22H. The van der Waals surface area contributed by atoms with Gasteiger partial charge in [-0.3, -0.25) is 0 Å². The summed E-state index contributed by atoms with van der Waals surface area (Å²) in [6, 6.07) is 46.6. The molecule has 0 unspecified atom stereocenters. The summed E-state index contributed by atoms with van der Waals surface area (Å²) in [6.45, 7) is 0. The smallest absolute Gasteiger partial charge is 0.161 e. The molecule has 0 saturated heterocycles. The molecular formula is C34H22N2S. The molecule has 0 spiro atoms. The van der Waals surface area contributed by atoms with Crippen molar-refractivity contribution in [1.29, 1.82) is 0 Å². The molecule has 174 valence electrons. The summed E-state index contributed by atoms with van der Waals surface area (Å²) < 4.78 is 2.34. The zero-order valence-electron chi connectivity index (χ0n) is 20.0. The topological polar surface area (TPSA) is 25.8 Å².